The second-order valence-corrected chi connectivity index (χ2v) is 6.27. The minimum atomic E-state index is 0.156. The van der Waals surface area contributed by atoms with Crippen molar-refractivity contribution in [2.75, 3.05) is 19.6 Å². The van der Waals surface area contributed by atoms with Gasteiger partial charge in [0.2, 0.25) is 0 Å². The Bertz CT molecular complexity index is 419. The topological polar surface area (TPSA) is 66.0 Å². The van der Waals surface area contributed by atoms with Crippen LogP contribution in [-0.2, 0) is 6.42 Å². The van der Waals surface area contributed by atoms with Gasteiger partial charge in [0.05, 0.1) is 15.6 Å². The molecule has 1 fully saturated rings. The van der Waals surface area contributed by atoms with E-state index in [1.165, 1.54) is 25.9 Å². The van der Waals surface area contributed by atoms with E-state index in [4.69, 9.17) is 11.1 Å². The highest BCUT2D eigenvalue weighted by molar-refractivity contribution is 7.13. The van der Waals surface area contributed by atoms with Crippen LogP contribution < -0.4 is 5.73 Å². The first-order valence-corrected chi connectivity index (χ1v) is 7.46. The van der Waals surface area contributed by atoms with E-state index in [9.17, 15) is 0 Å². The fourth-order valence-electron chi connectivity index (χ4n) is 2.33. The summed E-state index contributed by atoms with van der Waals surface area (Å²) in [5.74, 6) is 0.490. The van der Waals surface area contributed by atoms with Gasteiger partial charge in [0, 0.05) is 13.0 Å². The van der Waals surface area contributed by atoms with Crippen LogP contribution in [0, 0.1) is 5.41 Å². The summed E-state index contributed by atoms with van der Waals surface area (Å²) < 4.78 is 0. The molecular formula is C13H22N4S. The van der Waals surface area contributed by atoms with E-state index >= 15 is 0 Å². The molecule has 0 radical (unpaired) electrons. The van der Waals surface area contributed by atoms with Gasteiger partial charge in [-0.1, -0.05) is 13.8 Å². The van der Waals surface area contributed by atoms with Gasteiger partial charge in [-0.3, -0.25) is 5.41 Å². The van der Waals surface area contributed by atoms with Crippen molar-refractivity contribution in [3.8, 4) is 0 Å². The lowest BCUT2D eigenvalue weighted by atomic mass is 10.1. The first-order chi connectivity index (χ1) is 8.58. The van der Waals surface area contributed by atoms with Crippen molar-refractivity contribution in [1.29, 1.82) is 5.41 Å². The van der Waals surface area contributed by atoms with Gasteiger partial charge in [-0.2, -0.15) is 0 Å². The lowest BCUT2D eigenvalue weighted by Gasteiger charge is -2.12. The van der Waals surface area contributed by atoms with Crippen LogP contribution in [0.5, 0.6) is 0 Å². The molecule has 0 aliphatic carbocycles. The van der Waals surface area contributed by atoms with Gasteiger partial charge >= 0.3 is 0 Å². The summed E-state index contributed by atoms with van der Waals surface area (Å²) in [5, 5.41) is 8.74. The van der Waals surface area contributed by atoms with Gasteiger partial charge in [0.15, 0.2) is 0 Å². The number of rotatable bonds is 5. The molecule has 1 aromatic heterocycles. The zero-order valence-electron chi connectivity index (χ0n) is 11.2. The van der Waals surface area contributed by atoms with Crippen molar-refractivity contribution in [1.82, 2.24) is 9.88 Å². The molecule has 1 aliphatic rings. The smallest absolute Gasteiger partial charge is 0.135 e. The number of amidine groups is 1. The largest absolute Gasteiger partial charge is 0.383 e. The summed E-state index contributed by atoms with van der Waals surface area (Å²) in [6, 6.07) is 0. The SMILES string of the molecule is CC(C)c1nc(CCN2CCCC2)sc1C(=N)N. The Morgan fingerprint density at radius 3 is 2.61 bits per heavy atom. The van der Waals surface area contributed by atoms with Crippen LogP contribution in [0.25, 0.3) is 0 Å². The zero-order valence-corrected chi connectivity index (χ0v) is 12.0. The number of nitrogen functional groups attached to an aromatic ring is 1. The number of nitrogens with zero attached hydrogens (tertiary/aromatic N) is 2. The van der Waals surface area contributed by atoms with E-state index in [0.717, 1.165) is 28.5 Å². The average molecular weight is 266 g/mol. The second-order valence-electron chi connectivity index (χ2n) is 5.19. The lowest BCUT2D eigenvalue weighted by Crippen LogP contribution is -2.21. The molecule has 0 unspecified atom stereocenters. The van der Waals surface area contributed by atoms with Crippen molar-refractivity contribution in [3.05, 3.63) is 15.6 Å². The highest BCUT2D eigenvalue weighted by atomic mass is 32.1. The molecule has 18 heavy (non-hydrogen) atoms. The molecule has 4 nitrogen and oxygen atoms in total. The van der Waals surface area contributed by atoms with Gasteiger partial charge in [-0.15, -0.1) is 11.3 Å². The van der Waals surface area contributed by atoms with E-state index in [2.05, 4.69) is 23.7 Å². The fourth-order valence-corrected chi connectivity index (χ4v) is 3.40. The summed E-state index contributed by atoms with van der Waals surface area (Å²) >= 11 is 1.59. The summed E-state index contributed by atoms with van der Waals surface area (Å²) in [6.45, 7) is 7.74. The summed E-state index contributed by atoms with van der Waals surface area (Å²) in [5.41, 5.74) is 6.62. The van der Waals surface area contributed by atoms with E-state index in [-0.39, 0.29) is 5.84 Å². The van der Waals surface area contributed by atoms with Crippen molar-refractivity contribution in [3.63, 3.8) is 0 Å². The Hall–Kier alpha value is -0.940. The van der Waals surface area contributed by atoms with Crippen LogP contribution in [0.1, 0.15) is 48.2 Å². The molecule has 1 aliphatic heterocycles. The third-order valence-electron chi connectivity index (χ3n) is 3.33. The van der Waals surface area contributed by atoms with Crippen LogP contribution in [0.3, 0.4) is 0 Å². The van der Waals surface area contributed by atoms with Crippen molar-refractivity contribution >= 4 is 17.2 Å². The minimum absolute atomic E-state index is 0.156. The fraction of sp³-hybridized carbons (Fsp3) is 0.692. The second kappa shape index (κ2) is 5.80. The highest BCUT2D eigenvalue weighted by Crippen LogP contribution is 2.25. The number of nitrogens with one attached hydrogen (secondary N) is 1. The Labute approximate surface area is 113 Å². The van der Waals surface area contributed by atoms with Crippen molar-refractivity contribution in [2.24, 2.45) is 5.73 Å². The lowest BCUT2D eigenvalue weighted by molar-refractivity contribution is 0.343. The summed E-state index contributed by atoms with van der Waals surface area (Å²) in [7, 11) is 0. The highest BCUT2D eigenvalue weighted by Gasteiger charge is 2.17. The molecule has 2 heterocycles. The quantitative estimate of drug-likeness (QED) is 0.634. The number of thiazole rings is 1. The van der Waals surface area contributed by atoms with Gasteiger partial charge in [0.1, 0.15) is 5.84 Å². The first kappa shape index (κ1) is 13.5. The third kappa shape index (κ3) is 3.09. The molecule has 0 amide bonds. The molecule has 0 bridgehead atoms. The monoisotopic (exact) mass is 266 g/mol. The maximum absolute atomic E-state index is 7.62. The molecule has 5 heteroatoms. The predicted molar refractivity (Wildman–Crippen MR) is 76.6 cm³/mol. The van der Waals surface area contributed by atoms with E-state index in [1.54, 1.807) is 11.3 Å². The molecule has 0 aromatic carbocycles. The maximum Gasteiger partial charge on any atom is 0.135 e. The summed E-state index contributed by atoms with van der Waals surface area (Å²) in [6.07, 6.45) is 3.64. The van der Waals surface area contributed by atoms with Crippen LogP contribution in [0.2, 0.25) is 0 Å². The van der Waals surface area contributed by atoms with Gasteiger partial charge in [0.25, 0.3) is 0 Å². The van der Waals surface area contributed by atoms with Crippen LogP contribution in [0.4, 0.5) is 0 Å². The van der Waals surface area contributed by atoms with E-state index in [1.807, 2.05) is 0 Å². The number of hydrogen-bond donors (Lipinski definition) is 2. The Morgan fingerprint density at radius 1 is 1.44 bits per heavy atom. The number of hydrogen-bond acceptors (Lipinski definition) is 4. The zero-order chi connectivity index (χ0) is 13.1. The molecule has 3 N–H and O–H groups in total. The van der Waals surface area contributed by atoms with Crippen LogP contribution >= 0.6 is 11.3 Å². The average Bonchev–Trinajstić information content (AvgIpc) is 2.95. The molecule has 2 rings (SSSR count). The van der Waals surface area contributed by atoms with Crippen LogP contribution in [0.15, 0.2) is 0 Å². The van der Waals surface area contributed by atoms with E-state index in [0.29, 0.717) is 5.92 Å². The number of likely N-dealkylation sites (tertiary alicyclic amines) is 1. The standard InChI is InChI=1S/C13H22N4S/c1-9(2)11-12(13(14)15)18-10(16-11)5-8-17-6-3-4-7-17/h9H,3-8H2,1-2H3,(H3,14,15). The Kier molecular flexibility index (Phi) is 4.35. The van der Waals surface area contributed by atoms with Gasteiger partial charge in [-0.05, 0) is 31.8 Å². The van der Waals surface area contributed by atoms with Crippen molar-refractivity contribution in [2.45, 2.75) is 39.0 Å². The first-order valence-electron chi connectivity index (χ1n) is 6.64. The number of aromatic nitrogens is 1. The Morgan fingerprint density at radius 2 is 2.11 bits per heavy atom. The van der Waals surface area contributed by atoms with Gasteiger partial charge in [-0.25, -0.2) is 4.98 Å². The van der Waals surface area contributed by atoms with E-state index < -0.39 is 0 Å². The van der Waals surface area contributed by atoms with Gasteiger partial charge < -0.3 is 10.6 Å². The maximum atomic E-state index is 7.62. The normalized spacial score (nSPS) is 16.6. The molecular weight excluding hydrogens is 244 g/mol. The van der Waals surface area contributed by atoms with Crippen molar-refractivity contribution < 1.29 is 0 Å². The molecule has 0 spiro atoms. The third-order valence-corrected chi connectivity index (χ3v) is 4.49. The predicted octanol–water partition coefficient (Wildman–Crippen LogP) is 2.19. The molecule has 100 valence electrons. The number of nitrogens with two attached hydrogens (primary N) is 1. The molecule has 0 atom stereocenters. The van der Waals surface area contributed by atoms with Crippen LogP contribution in [-0.4, -0.2) is 35.4 Å². The minimum Gasteiger partial charge on any atom is -0.383 e. The Balaban J connectivity index is 2.04. The molecule has 1 aromatic rings. The molecule has 0 saturated carbocycles. The summed E-state index contributed by atoms with van der Waals surface area (Å²) in [4.78, 5) is 8.02. The molecule has 1 saturated heterocycles.